The second-order valence-electron chi connectivity index (χ2n) is 8.54. The number of aromatic nitrogens is 2. The van der Waals surface area contributed by atoms with Crippen molar-refractivity contribution in [2.45, 2.75) is 32.1 Å². The highest BCUT2D eigenvalue weighted by Crippen LogP contribution is 2.30. The maximum Gasteiger partial charge on any atom is 0.224 e. The van der Waals surface area contributed by atoms with Crippen molar-refractivity contribution in [1.29, 1.82) is 0 Å². The van der Waals surface area contributed by atoms with Crippen LogP contribution in [0.1, 0.15) is 36.6 Å². The summed E-state index contributed by atoms with van der Waals surface area (Å²) in [6.07, 6.45) is 3.90. The van der Waals surface area contributed by atoms with E-state index in [9.17, 15) is 9.18 Å². The van der Waals surface area contributed by atoms with Crippen LogP contribution in [0.2, 0.25) is 0 Å². The first-order chi connectivity index (χ1) is 16.0. The molecule has 0 bridgehead atoms. The van der Waals surface area contributed by atoms with Gasteiger partial charge in [0, 0.05) is 62.3 Å². The van der Waals surface area contributed by atoms with Crippen LogP contribution in [-0.4, -0.2) is 47.5 Å². The molecule has 0 atom stereocenters. The maximum absolute atomic E-state index is 14.0. The van der Waals surface area contributed by atoms with E-state index in [1.807, 2.05) is 43.1 Å². The Morgan fingerprint density at radius 2 is 1.91 bits per heavy atom. The first kappa shape index (κ1) is 22.7. The molecule has 1 fully saturated rings. The number of anilines is 3. The highest BCUT2D eigenvalue weighted by Gasteiger charge is 2.25. The monoisotopic (exact) mass is 447 g/mol. The van der Waals surface area contributed by atoms with Crippen LogP contribution in [0.15, 0.2) is 60.8 Å². The number of pyridine rings is 2. The summed E-state index contributed by atoms with van der Waals surface area (Å²) in [4.78, 5) is 25.6. The Morgan fingerprint density at radius 1 is 1.15 bits per heavy atom. The van der Waals surface area contributed by atoms with Gasteiger partial charge in [0.25, 0.3) is 0 Å². The number of piperidine rings is 1. The summed E-state index contributed by atoms with van der Waals surface area (Å²) < 4.78 is 14.0. The summed E-state index contributed by atoms with van der Waals surface area (Å²) in [5.74, 6) is 0.969. The zero-order chi connectivity index (χ0) is 23.2. The van der Waals surface area contributed by atoms with E-state index in [-0.39, 0.29) is 11.7 Å². The lowest BCUT2D eigenvalue weighted by atomic mass is 9.92. The minimum Gasteiger partial charge on any atom is -0.372 e. The third-order valence-electron chi connectivity index (χ3n) is 6.10. The smallest absolute Gasteiger partial charge is 0.224 e. The summed E-state index contributed by atoms with van der Waals surface area (Å²) in [5, 5.41) is 3.35. The Kier molecular flexibility index (Phi) is 7.17. The van der Waals surface area contributed by atoms with Gasteiger partial charge >= 0.3 is 0 Å². The predicted molar refractivity (Wildman–Crippen MR) is 129 cm³/mol. The van der Waals surface area contributed by atoms with Crippen LogP contribution in [-0.2, 0) is 4.79 Å². The minimum absolute atomic E-state index is 0.117. The Balaban J connectivity index is 1.31. The minimum atomic E-state index is -0.268. The van der Waals surface area contributed by atoms with Crippen molar-refractivity contribution >= 4 is 23.1 Å². The molecule has 172 valence electrons. The Labute approximate surface area is 194 Å². The molecular formula is C26H30FN5O. The SMILES string of the molecule is Cc1cc(Nc2ccccn2)cc(C2CCN(C(=O)CCN(C)c3ccccc3F)CC2)n1. The standard InChI is InChI=1S/C26H30FN5O/c1-19-17-21(30-25-9-5-6-13-28-25)18-23(29-19)20-10-15-32(16-11-20)26(33)12-14-31(2)24-8-4-3-7-22(24)27/h3-9,13,17-18,20H,10-12,14-16H2,1-2H3,(H,28,29,30). The van der Waals surface area contributed by atoms with E-state index in [1.165, 1.54) is 6.07 Å². The van der Waals surface area contributed by atoms with Crippen molar-refractivity contribution in [1.82, 2.24) is 14.9 Å². The molecule has 1 aliphatic rings. The van der Waals surface area contributed by atoms with Crippen molar-refractivity contribution in [3.05, 3.63) is 78.0 Å². The van der Waals surface area contributed by atoms with Gasteiger partial charge in [0.2, 0.25) is 5.91 Å². The fraction of sp³-hybridized carbons (Fsp3) is 0.346. The van der Waals surface area contributed by atoms with Gasteiger partial charge in [0.05, 0.1) is 5.69 Å². The molecule has 1 aromatic carbocycles. The lowest BCUT2D eigenvalue weighted by Gasteiger charge is -2.32. The first-order valence-corrected chi connectivity index (χ1v) is 11.4. The van der Waals surface area contributed by atoms with Crippen LogP contribution in [0, 0.1) is 12.7 Å². The van der Waals surface area contributed by atoms with E-state index in [2.05, 4.69) is 16.4 Å². The lowest BCUT2D eigenvalue weighted by Crippen LogP contribution is -2.39. The molecule has 6 nitrogen and oxygen atoms in total. The number of para-hydroxylation sites is 1. The van der Waals surface area contributed by atoms with Gasteiger partial charge in [0.1, 0.15) is 11.6 Å². The van der Waals surface area contributed by atoms with Crippen molar-refractivity contribution in [3.8, 4) is 0 Å². The quantitative estimate of drug-likeness (QED) is 0.558. The zero-order valence-corrected chi connectivity index (χ0v) is 19.2. The Hall–Kier alpha value is -3.48. The number of aryl methyl sites for hydroxylation is 1. The summed E-state index contributed by atoms with van der Waals surface area (Å²) in [6.45, 7) is 3.91. The van der Waals surface area contributed by atoms with E-state index < -0.39 is 0 Å². The molecule has 1 amide bonds. The molecule has 3 aromatic rings. The number of benzene rings is 1. The summed E-state index contributed by atoms with van der Waals surface area (Å²) in [6, 6.07) is 16.5. The van der Waals surface area contributed by atoms with E-state index >= 15 is 0 Å². The highest BCUT2D eigenvalue weighted by molar-refractivity contribution is 5.77. The average molecular weight is 448 g/mol. The van der Waals surface area contributed by atoms with Crippen LogP contribution in [0.5, 0.6) is 0 Å². The summed E-state index contributed by atoms with van der Waals surface area (Å²) >= 11 is 0. The van der Waals surface area contributed by atoms with E-state index in [4.69, 9.17) is 4.98 Å². The molecule has 0 saturated carbocycles. The molecule has 3 heterocycles. The van der Waals surface area contributed by atoms with Gasteiger partial charge in [-0.1, -0.05) is 18.2 Å². The molecule has 0 unspecified atom stereocenters. The number of nitrogens with one attached hydrogen (secondary N) is 1. The van der Waals surface area contributed by atoms with Crippen molar-refractivity contribution in [2.75, 3.05) is 36.9 Å². The second kappa shape index (κ2) is 10.4. The van der Waals surface area contributed by atoms with Gasteiger partial charge in [-0.3, -0.25) is 9.78 Å². The van der Waals surface area contributed by atoms with Gasteiger partial charge in [-0.05, 0) is 56.2 Å². The molecule has 0 spiro atoms. The molecule has 0 aliphatic carbocycles. The normalized spacial score (nSPS) is 14.2. The summed E-state index contributed by atoms with van der Waals surface area (Å²) in [5.41, 5.74) is 3.51. The van der Waals surface area contributed by atoms with Crippen LogP contribution >= 0.6 is 0 Å². The number of amides is 1. The van der Waals surface area contributed by atoms with E-state index in [1.54, 1.807) is 29.3 Å². The fourth-order valence-corrected chi connectivity index (χ4v) is 4.29. The number of carbonyl (C=O) groups excluding carboxylic acids is 1. The predicted octanol–water partition coefficient (Wildman–Crippen LogP) is 4.90. The van der Waals surface area contributed by atoms with Crippen LogP contribution < -0.4 is 10.2 Å². The van der Waals surface area contributed by atoms with Gasteiger partial charge in [-0.2, -0.15) is 0 Å². The number of hydrogen-bond donors (Lipinski definition) is 1. The van der Waals surface area contributed by atoms with Crippen molar-refractivity contribution < 1.29 is 9.18 Å². The second-order valence-corrected chi connectivity index (χ2v) is 8.54. The van der Waals surface area contributed by atoms with Gasteiger partial charge in [-0.25, -0.2) is 9.37 Å². The lowest BCUT2D eigenvalue weighted by molar-refractivity contribution is -0.132. The number of hydrogen-bond acceptors (Lipinski definition) is 5. The van der Waals surface area contributed by atoms with Crippen LogP contribution in [0.3, 0.4) is 0 Å². The maximum atomic E-state index is 14.0. The average Bonchev–Trinajstić information content (AvgIpc) is 2.83. The fourth-order valence-electron chi connectivity index (χ4n) is 4.29. The molecule has 1 aliphatic heterocycles. The number of halogens is 1. The number of likely N-dealkylation sites (tertiary alicyclic amines) is 1. The van der Waals surface area contributed by atoms with Gasteiger partial charge in [0.15, 0.2) is 0 Å². The van der Waals surface area contributed by atoms with Crippen LogP contribution in [0.4, 0.5) is 21.6 Å². The number of nitrogens with zero attached hydrogens (tertiary/aromatic N) is 4. The third-order valence-corrected chi connectivity index (χ3v) is 6.10. The topological polar surface area (TPSA) is 61.4 Å². The summed E-state index contributed by atoms with van der Waals surface area (Å²) in [7, 11) is 1.82. The largest absolute Gasteiger partial charge is 0.372 e. The Morgan fingerprint density at radius 3 is 2.64 bits per heavy atom. The highest BCUT2D eigenvalue weighted by atomic mass is 19.1. The van der Waals surface area contributed by atoms with Gasteiger partial charge < -0.3 is 15.1 Å². The van der Waals surface area contributed by atoms with Crippen LogP contribution in [0.25, 0.3) is 0 Å². The number of carbonyl (C=O) groups is 1. The molecule has 1 N–H and O–H groups in total. The molecule has 4 rings (SSSR count). The first-order valence-electron chi connectivity index (χ1n) is 11.4. The molecule has 1 saturated heterocycles. The van der Waals surface area contributed by atoms with Crippen molar-refractivity contribution in [3.63, 3.8) is 0 Å². The van der Waals surface area contributed by atoms with Crippen molar-refractivity contribution in [2.24, 2.45) is 0 Å². The Bertz CT molecular complexity index is 1080. The molecule has 33 heavy (non-hydrogen) atoms. The molecular weight excluding hydrogens is 417 g/mol. The number of rotatable bonds is 7. The van der Waals surface area contributed by atoms with E-state index in [0.717, 1.165) is 35.7 Å². The van der Waals surface area contributed by atoms with Gasteiger partial charge in [-0.15, -0.1) is 0 Å². The molecule has 7 heteroatoms. The molecule has 0 radical (unpaired) electrons. The molecule has 2 aromatic heterocycles. The third kappa shape index (κ3) is 5.86. The van der Waals surface area contributed by atoms with E-state index in [0.29, 0.717) is 37.7 Å². The zero-order valence-electron chi connectivity index (χ0n) is 19.2.